The van der Waals surface area contributed by atoms with Crippen molar-refractivity contribution in [1.29, 1.82) is 0 Å². The molecule has 0 fully saturated rings. The summed E-state index contributed by atoms with van der Waals surface area (Å²) in [5, 5.41) is 18.8. The number of fused-ring (bicyclic) bond motifs is 5. The summed E-state index contributed by atoms with van der Waals surface area (Å²) < 4.78 is 6.01. The van der Waals surface area contributed by atoms with Crippen molar-refractivity contribution >= 4 is 44.1 Å². The lowest BCUT2D eigenvalue weighted by molar-refractivity contribution is 0.302. The number of nitrogens with zero attached hydrogens (tertiary/aromatic N) is 3. The first kappa shape index (κ1) is 32.8. The molecule has 6 rings (SSSR count). The molecule has 0 saturated carbocycles. The van der Waals surface area contributed by atoms with Crippen LogP contribution in [0.15, 0.2) is 90.1 Å². The van der Waals surface area contributed by atoms with E-state index in [4.69, 9.17) is 19.7 Å². The minimum Gasteiger partial charge on any atom is -0.507 e. The Kier molecular flexibility index (Phi) is 11.2. The van der Waals surface area contributed by atoms with Gasteiger partial charge in [0, 0.05) is 11.6 Å². The van der Waals surface area contributed by atoms with Crippen LogP contribution in [0.2, 0.25) is 0 Å². The van der Waals surface area contributed by atoms with Crippen LogP contribution in [0.5, 0.6) is 11.5 Å². The second-order valence-electron chi connectivity index (χ2n) is 12.3. The first-order valence-electron chi connectivity index (χ1n) is 17.3. The number of aromatic nitrogens is 3. The predicted molar refractivity (Wildman–Crippen MR) is 199 cm³/mol. The molecule has 0 spiro atoms. The molecule has 242 valence electrons. The number of hydrogen-bond donors (Lipinski definition) is 1. The summed E-state index contributed by atoms with van der Waals surface area (Å²) in [5.41, 5.74) is 1.51. The molecule has 0 radical (unpaired) electrons. The summed E-state index contributed by atoms with van der Waals surface area (Å²) in [7, 11) is 0. The van der Waals surface area contributed by atoms with E-state index < -0.39 is 0 Å². The fraction of sp³-hybridized carbons (Fsp3) is 0.341. The Hall–Kier alpha value is -4.16. The zero-order valence-electron chi connectivity index (χ0n) is 27.7. The van der Waals surface area contributed by atoms with Crippen LogP contribution in [-0.4, -0.2) is 32.4 Å². The van der Waals surface area contributed by atoms with Gasteiger partial charge < -0.3 is 9.84 Å². The van der Waals surface area contributed by atoms with Crippen LogP contribution < -0.4 is 4.74 Å². The van der Waals surface area contributed by atoms with E-state index in [0.29, 0.717) is 34.7 Å². The third kappa shape index (κ3) is 7.87. The molecule has 0 aliphatic heterocycles. The highest BCUT2D eigenvalue weighted by atomic mass is 32.2. The quantitative estimate of drug-likeness (QED) is 0.0643. The largest absolute Gasteiger partial charge is 0.507 e. The summed E-state index contributed by atoms with van der Waals surface area (Å²) in [6.45, 7) is 5.00. The van der Waals surface area contributed by atoms with Crippen LogP contribution in [0.4, 0.5) is 0 Å². The number of hydrogen-bond acceptors (Lipinski definition) is 6. The molecule has 0 unspecified atom stereocenters. The molecule has 1 heterocycles. The monoisotopic (exact) mass is 643 g/mol. The molecule has 0 aliphatic carbocycles. The molecule has 5 aromatic carbocycles. The SMILES string of the molecule is CCCCCCCCCCCCOc1ccc(-c2nc(SCC)nc(-c3cc4c5ccccc5ccc4c4ccccc34)n2)c(O)c1. The number of rotatable bonds is 16. The Balaban J connectivity index is 1.23. The summed E-state index contributed by atoms with van der Waals surface area (Å²) >= 11 is 1.57. The fourth-order valence-corrected chi connectivity index (χ4v) is 6.97. The van der Waals surface area contributed by atoms with Gasteiger partial charge >= 0.3 is 0 Å². The van der Waals surface area contributed by atoms with Crippen molar-refractivity contribution in [1.82, 2.24) is 15.0 Å². The number of ether oxygens (including phenoxy) is 1. The Labute approximate surface area is 282 Å². The minimum atomic E-state index is 0.101. The Morgan fingerprint density at radius 1 is 0.574 bits per heavy atom. The number of aromatic hydroxyl groups is 1. The van der Waals surface area contributed by atoms with E-state index in [1.165, 1.54) is 73.9 Å². The van der Waals surface area contributed by atoms with Gasteiger partial charge in [0.05, 0.1) is 12.2 Å². The molecule has 6 heteroatoms. The van der Waals surface area contributed by atoms with Crippen LogP contribution in [-0.2, 0) is 0 Å². The maximum absolute atomic E-state index is 11.1. The third-order valence-corrected chi connectivity index (χ3v) is 9.60. The molecule has 5 nitrogen and oxygen atoms in total. The van der Waals surface area contributed by atoms with Crippen molar-refractivity contribution < 1.29 is 9.84 Å². The maximum atomic E-state index is 11.1. The molecule has 0 aliphatic rings. The Morgan fingerprint density at radius 3 is 1.94 bits per heavy atom. The Morgan fingerprint density at radius 2 is 1.21 bits per heavy atom. The average molecular weight is 644 g/mol. The molecular weight excluding hydrogens is 599 g/mol. The first-order chi connectivity index (χ1) is 23.2. The number of thioether (sulfide) groups is 1. The summed E-state index contributed by atoms with van der Waals surface area (Å²) in [5.74, 6) is 2.63. The second-order valence-corrected chi connectivity index (χ2v) is 13.5. The van der Waals surface area contributed by atoms with E-state index in [2.05, 4.69) is 80.6 Å². The molecule has 0 saturated heterocycles. The van der Waals surface area contributed by atoms with Gasteiger partial charge in [-0.3, -0.25) is 0 Å². The molecule has 0 atom stereocenters. The van der Waals surface area contributed by atoms with Gasteiger partial charge in [-0.15, -0.1) is 0 Å². The first-order valence-corrected chi connectivity index (χ1v) is 18.3. The number of unbranched alkanes of at least 4 members (excludes halogenated alkanes) is 9. The summed E-state index contributed by atoms with van der Waals surface area (Å²) in [6, 6.07) is 29.0. The molecular formula is C41H45N3O2S. The van der Waals surface area contributed by atoms with E-state index in [1.807, 2.05) is 12.1 Å². The van der Waals surface area contributed by atoms with E-state index in [0.717, 1.165) is 33.9 Å². The highest BCUT2D eigenvalue weighted by Gasteiger charge is 2.18. The second kappa shape index (κ2) is 16.1. The fourth-order valence-electron chi connectivity index (χ4n) is 6.41. The van der Waals surface area contributed by atoms with Crippen molar-refractivity contribution in [3.8, 4) is 34.3 Å². The maximum Gasteiger partial charge on any atom is 0.191 e. The lowest BCUT2D eigenvalue weighted by Crippen LogP contribution is -2.01. The average Bonchev–Trinajstić information content (AvgIpc) is 3.10. The number of phenols is 1. The van der Waals surface area contributed by atoms with E-state index in [9.17, 15) is 5.11 Å². The van der Waals surface area contributed by atoms with Gasteiger partial charge in [0.2, 0.25) is 0 Å². The Bertz CT molecular complexity index is 1960. The number of phenolic OH excluding ortho intramolecular Hbond substituents is 1. The van der Waals surface area contributed by atoms with Gasteiger partial charge in [-0.2, -0.15) is 0 Å². The van der Waals surface area contributed by atoms with Crippen LogP contribution >= 0.6 is 11.8 Å². The van der Waals surface area contributed by atoms with Crippen LogP contribution in [0, 0.1) is 0 Å². The zero-order valence-corrected chi connectivity index (χ0v) is 28.5. The molecule has 1 aromatic heterocycles. The van der Waals surface area contributed by atoms with Gasteiger partial charge in [0.15, 0.2) is 16.8 Å². The van der Waals surface area contributed by atoms with Crippen molar-refractivity contribution in [2.24, 2.45) is 0 Å². The van der Waals surface area contributed by atoms with Crippen LogP contribution in [0.25, 0.3) is 55.1 Å². The summed E-state index contributed by atoms with van der Waals surface area (Å²) in [4.78, 5) is 14.7. The molecule has 47 heavy (non-hydrogen) atoms. The smallest absolute Gasteiger partial charge is 0.191 e. The van der Waals surface area contributed by atoms with Crippen LogP contribution in [0.3, 0.4) is 0 Å². The standard InChI is InChI=1S/C41H45N3O2S/c1-3-5-6-7-8-9-10-11-12-17-26-46-30-23-25-35(38(45)27-30)39-42-40(44-41(43-39)47-4-2)37-28-36-31-19-14-13-18-29(31)22-24-34(36)32-20-15-16-21-33(32)37/h13-16,18-25,27-28,45H,3-12,17,26H2,1-2H3. The topological polar surface area (TPSA) is 68.1 Å². The highest BCUT2D eigenvalue weighted by molar-refractivity contribution is 7.99. The van der Waals surface area contributed by atoms with Crippen molar-refractivity contribution in [3.05, 3.63) is 84.9 Å². The van der Waals surface area contributed by atoms with Gasteiger partial charge in [-0.05, 0) is 62.7 Å². The van der Waals surface area contributed by atoms with Crippen molar-refractivity contribution in [3.63, 3.8) is 0 Å². The highest BCUT2D eigenvalue weighted by Crippen LogP contribution is 2.38. The predicted octanol–water partition coefficient (Wildman–Crippen LogP) is 11.8. The minimum absolute atomic E-state index is 0.101. The van der Waals surface area contributed by atoms with Gasteiger partial charge in [-0.1, -0.05) is 144 Å². The lowest BCUT2D eigenvalue weighted by Gasteiger charge is -2.14. The zero-order chi connectivity index (χ0) is 32.4. The van der Waals surface area contributed by atoms with E-state index in [1.54, 1.807) is 17.8 Å². The van der Waals surface area contributed by atoms with Gasteiger partial charge in [0.25, 0.3) is 0 Å². The number of benzene rings is 5. The van der Waals surface area contributed by atoms with Gasteiger partial charge in [0.1, 0.15) is 11.5 Å². The van der Waals surface area contributed by atoms with E-state index in [-0.39, 0.29) is 5.75 Å². The molecule has 0 amide bonds. The van der Waals surface area contributed by atoms with Gasteiger partial charge in [-0.25, -0.2) is 15.0 Å². The van der Waals surface area contributed by atoms with Crippen LogP contribution in [0.1, 0.15) is 78.1 Å². The van der Waals surface area contributed by atoms with Crippen molar-refractivity contribution in [2.75, 3.05) is 12.4 Å². The molecule has 0 bridgehead atoms. The normalized spacial score (nSPS) is 11.5. The summed E-state index contributed by atoms with van der Waals surface area (Å²) in [6.07, 6.45) is 12.9. The third-order valence-electron chi connectivity index (χ3n) is 8.87. The van der Waals surface area contributed by atoms with E-state index >= 15 is 0 Å². The lowest BCUT2D eigenvalue weighted by atomic mass is 9.93. The van der Waals surface area contributed by atoms with Crippen molar-refractivity contribution in [2.45, 2.75) is 83.2 Å². The molecule has 6 aromatic rings. The molecule has 1 N–H and O–H groups in total.